The molecule has 2 aromatic rings. The van der Waals surface area contributed by atoms with Gasteiger partial charge in [0.05, 0.1) is 44.6 Å². The SMILES string of the molecule is CCCCCCOc1ccc(C(=O)Nc2cc(S(=O)(=O)N3CCOCC3)ccc2OC)cc1OC. The Balaban J connectivity index is 1.76. The number of hydrogen-bond donors (Lipinski definition) is 1. The first-order chi connectivity index (χ1) is 16.9. The van der Waals surface area contributed by atoms with Crippen molar-refractivity contribution in [2.75, 3.05) is 52.4 Å². The van der Waals surface area contributed by atoms with E-state index in [0.717, 1.165) is 25.7 Å². The Bertz CT molecular complexity index is 1100. The summed E-state index contributed by atoms with van der Waals surface area (Å²) in [6.07, 6.45) is 4.36. The van der Waals surface area contributed by atoms with E-state index < -0.39 is 15.9 Å². The average Bonchev–Trinajstić information content (AvgIpc) is 2.89. The van der Waals surface area contributed by atoms with Crippen LogP contribution in [-0.4, -0.2) is 65.8 Å². The molecule has 0 saturated carbocycles. The number of carbonyl (C=O) groups excluding carboxylic acids is 1. The third-order valence-electron chi connectivity index (χ3n) is 5.71. The number of carbonyl (C=O) groups is 1. The first-order valence-electron chi connectivity index (χ1n) is 11.8. The Labute approximate surface area is 207 Å². The second kappa shape index (κ2) is 12.8. The minimum atomic E-state index is -3.73. The van der Waals surface area contributed by atoms with E-state index in [9.17, 15) is 13.2 Å². The second-order valence-corrected chi connectivity index (χ2v) is 10.0. The molecular formula is C25H34N2O7S. The summed E-state index contributed by atoms with van der Waals surface area (Å²) in [5.41, 5.74) is 0.589. The monoisotopic (exact) mass is 506 g/mol. The summed E-state index contributed by atoms with van der Waals surface area (Å²) in [6, 6.07) is 9.34. The minimum Gasteiger partial charge on any atom is -0.495 e. The number of amides is 1. The van der Waals surface area contributed by atoms with Crippen molar-refractivity contribution < 1.29 is 32.2 Å². The highest BCUT2D eigenvalue weighted by Crippen LogP contribution is 2.32. The molecule has 10 heteroatoms. The van der Waals surface area contributed by atoms with Crippen LogP contribution in [0.1, 0.15) is 43.0 Å². The Morgan fingerprint density at radius 1 is 0.971 bits per heavy atom. The van der Waals surface area contributed by atoms with E-state index in [4.69, 9.17) is 18.9 Å². The van der Waals surface area contributed by atoms with Crippen LogP contribution < -0.4 is 19.5 Å². The zero-order chi connectivity index (χ0) is 25.3. The maximum atomic E-state index is 13.0. The molecule has 3 rings (SSSR count). The van der Waals surface area contributed by atoms with Gasteiger partial charge in [-0.05, 0) is 42.8 Å². The quantitative estimate of drug-likeness (QED) is 0.435. The van der Waals surface area contributed by atoms with Crippen molar-refractivity contribution in [3.05, 3.63) is 42.0 Å². The van der Waals surface area contributed by atoms with Gasteiger partial charge in [-0.3, -0.25) is 4.79 Å². The van der Waals surface area contributed by atoms with Gasteiger partial charge in [-0.2, -0.15) is 4.31 Å². The molecule has 1 fully saturated rings. The summed E-state index contributed by atoms with van der Waals surface area (Å²) in [4.78, 5) is 13.1. The smallest absolute Gasteiger partial charge is 0.255 e. The summed E-state index contributed by atoms with van der Waals surface area (Å²) in [5.74, 6) is 0.927. The first kappa shape index (κ1) is 26.8. The minimum absolute atomic E-state index is 0.0694. The van der Waals surface area contributed by atoms with Crippen molar-refractivity contribution in [1.29, 1.82) is 0 Å². The van der Waals surface area contributed by atoms with Gasteiger partial charge in [0.25, 0.3) is 5.91 Å². The lowest BCUT2D eigenvalue weighted by Crippen LogP contribution is -2.40. The molecule has 0 spiro atoms. The van der Waals surface area contributed by atoms with Gasteiger partial charge in [-0.15, -0.1) is 0 Å². The number of methoxy groups -OCH3 is 2. The van der Waals surface area contributed by atoms with Gasteiger partial charge in [0.1, 0.15) is 5.75 Å². The number of nitrogens with zero attached hydrogens (tertiary/aromatic N) is 1. The number of sulfonamides is 1. The topological polar surface area (TPSA) is 103 Å². The lowest BCUT2D eigenvalue weighted by atomic mass is 10.1. The van der Waals surface area contributed by atoms with Crippen molar-refractivity contribution in [1.82, 2.24) is 4.31 Å². The molecule has 1 aliphatic heterocycles. The van der Waals surface area contributed by atoms with E-state index >= 15 is 0 Å². The van der Waals surface area contributed by atoms with E-state index in [1.807, 2.05) is 0 Å². The fourth-order valence-electron chi connectivity index (χ4n) is 3.71. The first-order valence-corrected chi connectivity index (χ1v) is 13.2. The number of unbranched alkanes of at least 4 members (excludes halogenated alkanes) is 3. The van der Waals surface area contributed by atoms with Crippen LogP contribution in [0.3, 0.4) is 0 Å². The maximum absolute atomic E-state index is 13.0. The summed E-state index contributed by atoms with van der Waals surface area (Å²) in [7, 11) is -0.758. The Kier molecular flexibility index (Phi) is 9.76. The van der Waals surface area contributed by atoms with Gasteiger partial charge in [-0.1, -0.05) is 26.2 Å². The highest BCUT2D eigenvalue weighted by molar-refractivity contribution is 7.89. The predicted molar refractivity (Wildman–Crippen MR) is 133 cm³/mol. The van der Waals surface area contributed by atoms with Crippen molar-refractivity contribution in [3.8, 4) is 17.2 Å². The molecule has 2 aromatic carbocycles. The Morgan fingerprint density at radius 3 is 2.37 bits per heavy atom. The summed E-state index contributed by atoms with van der Waals surface area (Å²) < 4.78 is 49.3. The molecule has 1 heterocycles. The van der Waals surface area contributed by atoms with E-state index in [-0.39, 0.29) is 23.7 Å². The van der Waals surface area contributed by atoms with E-state index in [0.29, 0.717) is 42.6 Å². The molecule has 1 saturated heterocycles. The zero-order valence-corrected chi connectivity index (χ0v) is 21.4. The van der Waals surface area contributed by atoms with Gasteiger partial charge in [0.2, 0.25) is 10.0 Å². The van der Waals surface area contributed by atoms with Gasteiger partial charge >= 0.3 is 0 Å². The molecule has 35 heavy (non-hydrogen) atoms. The van der Waals surface area contributed by atoms with Crippen LogP contribution in [-0.2, 0) is 14.8 Å². The Hall–Kier alpha value is -2.82. The second-order valence-electron chi connectivity index (χ2n) is 8.11. The molecule has 1 N–H and O–H groups in total. The largest absolute Gasteiger partial charge is 0.495 e. The number of ether oxygens (including phenoxy) is 4. The van der Waals surface area contributed by atoms with Gasteiger partial charge in [-0.25, -0.2) is 8.42 Å². The van der Waals surface area contributed by atoms with Crippen LogP contribution in [0.15, 0.2) is 41.3 Å². The number of anilines is 1. The predicted octanol–water partition coefficient (Wildman–Crippen LogP) is 3.94. The lowest BCUT2D eigenvalue weighted by molar-refractivity contribution is 0.0730. The fourth-order valence-corrected chi connectivity index (χ4v) is 5.15. The number of rotatable bonds is 12. The Morgan fingerprint density at radius 2 is 1.69 bits per heavy atom. The third-order valence-corrected chi connectivity index (χ3v) is 7.60. The normalized spacial score (nSPS) is 14.4. The van der Waals surface area contributed by atoms with Gasteiger partial charge < -0.3 is 24.3 Å². The molecule has 1 aliphatic rings. The third kappa shape index (κ3) is 6.87. The number of hydrogen-bond acceptors (Lipinski definition) is 7. The molecule has 0 atom stereocenters. The molecular weight excluding hydrogens is 472 g/mol. The molecule has 0 aliphatic carbocycles. The number of benzene rings is 2. The maximum Gasteiger partial charge on any atom is 0.255 e. The van der Waals surface area contributed by atoms with Crippen molar-refractivity contribution in [2.24, 2.45) is 0 Å². The standard InChI is InChI=1S/C25H34N2O7S/c1-4-5-6-7-14-34-23-10-8-19(17-24(23)32-3)25(28)26-21-18-20(9-11-22(21)31-2)35(29,30)27-12-15-33-16-13-27/h8-11,17-18H,4-7,12-16H2,1-3H3,(H,26,28). The molecule has 0 bridgehead atoms. The van der Waals surface area contributed by atoms with Crippen LogP contribution in [0.25, 0.3) is 0 Å². The van der Waals surface area contributed by atoms with E-state index in [1.54, 1.807) is 18.2 Å². The van der Waals surface area contributed by atoms with Crippen LogP contribution in [0, 0.1) is 0 Å². The molecule has 9 nitrogen and oxygen atoms in total. The fraction of sp³-hybridized carbons (Fsp3) is 0.480. The van der Waals surface area contributed by atoms with E-state index in [2.05, 4.69) is 12.2 Å². The summed E-state index contributed by atoms with van der Waals surface area (Å²) >= 11 is 0. The van der Waals surface area contributed by atoms with Crippen LogP contribution in [0.2, 0.25) is 0 Å². The van der Waals surface area contributed by atoms with Crippen LogP contribution in [0.5, 0.6) is 17.2 Å². The molecule has 0 radical (unpaired) electrons. The molecule has 1 amide bonds. The zero-order valence-electron chi connectivity index (χ0n) is 20.5. The number of nitrogens with one attached hydrogen (secondary N) is 1. The molecule has 0 aromatic heterocycles. The van der Waals surface area contributed by atoms with Gasteiger partial charge in [0, 0.05) is 18.7 Å². The molecule has 192 valence electrons. The highest BCUT2D eigenvalue weighted by Gasteiger charge is 2.27. The van der Waals surface area contributed by atoms with Crippen molar-refractivity contribution in [3.63, 3.8) is 0 Å². The van der Waals surface area contributed by atoms with Crippen LogP contribution >= 0.6 is 0 Å². The highest BCUT2D eigenvalue weighted by atomic mass is 32.2. The van der Waals surface area contributed by atoms with Crippen molar-refractivity contribution in [2.45, 2.75) is 37.5 Å². The van der Waals surface area contributed by atoms with Crippen molar-refractivity contribution >= 4 is 21.6 Å². The van der Waals surface area contributed by atoms with E-state index in [1.165, 1.54) is 36.7 Å². The lowest BCUT2D eigenvalue weighted by Gasteiger charge is -2.26. The van der Waals surface area contributed by atoms with Gasteiger partial charge in [0.15, 0.2) is 11.5 Å². The number of morpholine rings is 1. The molecule has 0 unspecified atom stereocenters. The summed E-state index contributed by atoms with van der Waals surface area (Å²) in [5, 5.41) is 2.76. The average molecular weight is 507 g/mol. The van der Waals surface area contributed by atoms with Crippen LogP contribution in [0.4, 0.5) is 5.69 Å². The summed E-state index contributed by atoms with van der Waals surface area (Å²) in [6.45, 7) is 3.98.